The van der Waals surface area contributed by atoms with Crippen molar-refractivity contribution in [3.05, 3.63) is 0 Å². The molecule has 5 heteroatoms. The van der Waals surface area contributed by atoms with E-state index in [0.717, 1.165) is 32.4 Å². The highest BCUT2D eigenvalue weighted by atomic mass is 16.5. The predicted octanol–water partition coefficient (Wildman–Crippen LogP) is 1.66. The number of amides is 1. The fourth-order valence-corrected chi connectivity index (χ4v) is 2.67. The standard InChI is InChI=1S/C15H28N2O3/c1-4-9-16(12-15(19)20-5-2)11-14(18)17-10-7-6-8-13(17)3/h13H,4-12H2,1-3H3. The molecule has 0 aromatic rings. The van der Waals surface area contributed by atoms with Gasteiger partial charge in [-0.05, 0) is 46.1 Å². The zero-order chi connectivity index (χ0) is 15.0. The lowest BCUT2D eigenvalue weighted by Gasteiger charge is -2.35. The average molecular weight is 284 g/mol. The number of carbonyl (C=O) groups excluding carboxylic acids is 2. The van der Waals surface area contributed by atoms with Gasteiger partial charge in [0.2, 0.25) is 5.91 Å². The van der Waals surface area contributed by atoms with Gasteiger partial charge in [0.1, 0.15) is 0 Å². The van der Waals surface area contributed by atoms with Crippen molar-refractivity contribution in [2.75, 3.05) is 32.8 Å². The van der Waals surface area contributed by atoms with Gasteiger partial charge in [0.25, 0.3) is 0 Å². The third kappa shape index (κ3) is 5.49. The van der Waals surface area contributed by atoms with Crippen molar-refractivity contribution in [3.63, 3.8) is 0 Å². The molecule has 116 valence electrons. The van der Waals surface area contributed by atoms with Gasteiger partial charge in [0.05, 0.1) is 19.7 Å². The highest BCUT2D eigenvalue weighted by Crippen LogP contribution is 2.16. The Bertz CT molecular complexity index is 320. The topological polar surface area (TPSA) is 49.9 Å². The fraction of sp³-hybridized carbons (Fsp3) is 0.867. The van der Waals surface area contributed by atoms with Gasteiger partial charge in [-0.15, -0.1) is 0 Å². The second-order valence-corrected chi connectivity index (χ2v) is 5.45. The Kier molecular flexibility index (Phi) is 7.59. The van der Waals surface area contributed by atoms with E-state index in [2.05, 4.69) is 6.92 Å². The minimum Gasteiger partial charge on any atom is -0.465 e. The molecule has 0 spiro atoms. The van der Waals surface area contributed by atoms with Gasteiger partial charge in [-0.2, -0.15) is 0 Å². The van der Waals surface area contributed by atoms with Crippen molar-refractivity contribution in [1.82, 2.24) is 9.80 Å². The number of likely N-dealkylation sites (tertiary alicyclic amines) is 1. The highest BCUT2D eigenvalue weighted by molar-refractivity contribution is 5.79. The normalized spacial score (nSPS) is 19.2. The van der Waals surface area contributed by atoms with Gasteiger partial charge >= 0.3 is 5.97 Å². The molecule has 1 fully saturated rings. The van der Waals surface area contributed by atoms with Gasteiger partial charge in [-0.1, -0.05) is 6.92 Å². The Balaban J connectivity index is 2.50. The third-order valence-corrected chi connectivity index (χ3v) is 3.68. The minimum atomic E-state index is -0.250. The van der Waals surface area contributed by atoms with Crippen LogP contribution in [0, 0.1) is 0 Å². The van der Waals surface area contributed by atoms with E-state index >= 15 is 0 Å². The summed E-state index contributed by atoms with van der Waals surface area (Å²) in [6.45, 7) is 8.44. The molecule has 0 aromatic carbocycles. The first-order valence-corrected chi connectivity index (χ1v) is 7.75. The maximum absolute atomic E-state index is 12.4. The van der Waals surface area contributed by atoms with E-state index in [1.54, 1.807) is 6.92 Å². The number of esters is 1. The van der Waals surface area contributed by atoms with Crippen LogP contribution in [0.25, 0.3) is 0 Å². The summed E-state index contributed by atoms with van der Waals surface area (Å²) in [5.74, 6) is -0.115. The zero-order valence-corrected chi connectivity index (χ0v) is 13.1. The molecular formula is C15H28N2O3. The molecule has 20 heavy (non-hydrogen) atoms. The lowest BCUT2D eigenvalue weighted by Crippen LogP contribution is -2.48. The second kappa shape index (κ2) is 8.95. The Morgan fingerprint density at radius 3 is 2.60 bits per heavy atom. The Hall–Kier alpha value is -1.10. The van der Waals surface area contributed by atoms with Crippen molar-refractivity contribution in [3.8, 4) is 0 Å². The third-order valence-electron chi connectivity index (χ3n) is 3.68. The van der Waals surface area contributed by atoms with Crippen molar-refractivity contribution in [2.45, 2.75) is 52.5 Å². The molecule has 0 aromatic heterocycles. The quantitative estimate of drug-likeness (QED) is 0.667. The van der Waals surface area contributed by atoms with Crippen LogP contribution < -0.4 is 0 Å². The van der Waals surface area contributed by atoms with Crippen LogP contribution in [0.3, 0.4) is 0 Å². The van der Waals surface area contributed by atoms with Gasteiger partial charge < -0.3 is 9.64 Å². The molecular weight excluding hydrogens is 256 g/mol. The molecule has 0 radical (unpaired) electrons. The van der Waals surface area contributed by atoms with Crippen molar-refractivity contribution in [1.29, 1.82) is 0 Å². The van der Waals surface area contributed by atoms with Crippen LogP contribution in [0.5, 0.6) is 0 Å². The summed E-state index contributed by atoms with van der Waals surface area (Å²) in [5, 5.41) is 0. The molecule has 1 heterocycles. The molecule has 1 amide bonds. The first-order chi connectivity index (χ1) is 9.58. The van der Waals surface area contributed by atoms with Gasteiger partial charge in [0.15, 0.2) is 0 Å². The molecule has 0 saturated carbocycles. The molecule has 1 saturated heterocycles. The lowest BCUT2D eigenvalue weighted by atomic mass is 10.0. The molecule has 5 nitrogen and oxygen atoms in total. The van der Waals surface area contributed by atoms with E-state index in [1.807, 2.05) is 16.7 Å². The summed E-state index contributed by atoms with van der Waals surface area (Å²) in [4.78, 5) is 27.8. The van der Waals surface area contributed by atoms with Crippen LogP contribution in [0.4, 0.5) is 0 Å². The van der Waals surface area contributed by atoms with E-state index in [9.17, 15) is 9.59 Å². The van der Waals surface area contributed by atoms with E-state index in [1.165, 1.54) is 6.42 Å². The van der Waals surface area contributed by atoms with Gasteiger partial charge in [-0.25, -0.2) is 0 Å². The summed E-state index contributed by atoms with van der Waals surface area (Å²) in [6.07, 6.45) is 4.29. The lowest BCUT2D eigenvalue weighted by molar-refractivity contribution is -0.145. The van der Waals surface area contributed by atoms with E-state index in [0.29, 0.717) is 19.2 Å². The molecule has 1 aliphatic heterocycles. The molecule has 1 unspecified atom stereocenters. The monoisotopic (exact) mass is 284 g/mol. The van der Waals surface area contributed by atoms with E-state index < -0.39 is 0 Å². The summed E-state index contributed by atoms with van der Waals surface area (Å²) in [5.41, 5.74) is 0. The highest BCUT2D eigenvalue weighted by Gasteiger charge is 2.25. The van der Waals surface area contributed by atoms with Crippen LogP contribution in [-0.2, 0) is 14.3 Å². The Morgan fingerprint density at radius 1 is 1.25 bits per heavy atom. The molecule has 1 rings (SSSR count). The summed E-state index contributed by atoms with van der Waals surface area (Å²) >= 11 is 0. The first kappa shape index (κ1) is 17.0. The number of rotatable bonds is 7. The zero-order valence-electron chi connectivity index (χ0n) is 13.1. The van der Waals surface area contributed by atoms with Gasteiger partial charge in [-0.3, -0.25) is 14.5 Å². The largest absolute Gasteiger partial charge is 0.465 e. The van der Waals surface area contributed by atoms with Crippen molar-refractivity contribution < 1.29 is 14.3 Å². The van der Waals surface area contributed by atoms with E-state index in [4.69, 9.17) is 4.74 Å². The van der Waals surface area contributed by atoms with Crippen LogP contribution in [0.1, 0.15) is 46.5 Å². The number of piperidine rings is 1. The smallest absolute Gasteiger partial charge is 0.320 e. The number of ether oxygens (including phenoxy) is 1. The van der Waals surface area contributed by atoms with Crippen LogP contribution in [-0.4, -0.2) is 60.5 Å². The second-order valence-electron chi connectivity index (χ2n) is 5.45. The Morgan fingerprint density at radius 2 is 2.00 bits per heavy atom. The molecule has 0 aliphatic carbocycles. The molecule has 0 N–H and O–H groups in total. The maximum atomic E-state index is 12.4. The first-order valence-electron chi connectivity index (χ1n) is 7.75. The van der Waals surface area contributed by atoms with Crippen molar-refractivity contribution in [2.24, 2.45) is 0 Å². The number of hydrogen-bond donors (Lipinski definition) is 0. The fourth-order valence-electron chi connectivity index (χ4n) is 2.67. The van der Waals surface area contributed by atoms with Crippen molar-refractivity contribution >= 4 is 11.9 Å². The number of hydrogen-bond acceptors (Lipinski definition) is 4. The number of nitrogens with zero attached hydrogens (tertiary/aromatic N) is 2. The summed E-state index contributed by atoms with van der Waals surface area (Å²) in [7, 11) is 0. The van der Waals surface area contributed by atoms with E-state index in [-0.39, 0.29) is 18.4 Å². The minimum absolute atomic E-state index is 0.134. The number of carbonyl (C=O) groups is 2. The summed E-state index contributed by atoms with van der Waals surface area (Å²) in [6, 6.07) is 0.322. The molecule has 1 atom stereocenters. The predicted molar refractivity (Wildman–Crippen MR) is 78.4 cm³/mol. The summed E-state index contributed by atoms with van der Waals surface area (Å²) < 4.78 is 4.96. The van der Waals surface area contributed by atoms with Gasteiger partial charge in [0, 0.05) is 12.6 Å². The molecule has 0 bridgehead atoms. The SMILES string of the molecule is CCCN(CC(=O)OCC)CC(=O)N1CCCCC1C. The maximum Gasteiger partial charge on any atom is 0.320 e. The average Bonchev–Trinajstić information content (AvgIpc) is 2.39. The Labute approximate surface area is 122 Å². The molecule has 1 aliphatic rings. The van der Waals surface area contributed by atoms with Crippen LogP contribution in [0.15, 0.2) is 0 Å². The van der Waals surface area contributed by atoms with Crippen LogP contribution >= 0.6 is 0 Å². The van der Waals surface area contributed by atoms with Crippen LogP contribution in [0.2, 0.25) is 0 Å².